The van der Waals surface area contributed by atoms with Crippen molar-refractivity contribution in [2.24, 2.45) is 5.73 Å². The minimum absolute atomic E-state index is 0.0215. The lowest BCUT2D eigenvalue weighted by molar-refractivity contribution is 0.0793. The van der Waals surface area contributed by atoms with Gasteiger partial charge in [0.15, 0.2) is 0 Å². The van der Waals surface area contributed by atoms with E-state index in [1.807, 2.05) is 26.0 Å². The third kappa shape index (κ3) is 4.20. The molecule has 0 radical (unpaired) electrons. The van der Waals surface area contributed by atoms with Gasteiger partial charge in [-0.25, -0.2) is 0 Å². The largest absolute Gasteiger partial charge is 0.491 e. The lowest BCUT2D eigenvalue weighted by Gasteiger charge is -2.13. The van der Waals surface area contributed by atoms with Gasteiger partial charge < -0.3 is 15.2 Å². The summed E-state index contributed by atoms with van der Waals surface area (Å²) in [7, 11) is 0. The van der Waals surface area contributed by atoms with Crippen LogP contribution < -0.4 is 10.5 Å². The molecule has 5 heteroatoms. The Morgan fingerprint density at radius 1 is 1.33 bits per heavy atom. The number of amidine groups is 1. The molecule has 1 atom stereocenters. The summed E-state index contributed by atoms with van der Waals surface area (Å²) in [6.07, 6.45) is -0.373. The minimum Gasteiger partial charge on any atom is -0.491 e. The summed E-state index contributed by atoms with van der Waals surface area (Å²) >= 11 is 6.07. The fourth-order valence-corrected chi connectivity index (χ4v) is 1.57. The van der Waals surface area contributed by atoms with Gasteiger partial charge in [0, 0.05) is 5.02 Å². The number of aryl methyl sites for hydroxylation is 2. The fourth-order valence-electron chi connectivity index (χ4n) is 1.46. The highest BCUT2D eigenvalue weighted by molar-refractivity contribution is 6.32. The third-order valence-electron chi connectivity index (χ3n) is 2.57. The lowest BCUT2D eigenvalue weighted by atomic mass is 10.1. The molecule has 4 nitrogen and oxygen atoms in total. The molecule has 1 rings (SSSR count). The average molecular weight is 271 g/mol. The summed E-state index contributed by atoms with van der Waals surface area (Å²) in [5, 5.41) is 7.94. The molecule has 0 aliphatic carbocycles. The first-order chi connectivity index (χ1) is 8.41. The number of hydrogen-bond donors (Lipinski definition) is 2. The highest BCUT2D eigenvalue weighted by Gasteiger charge is 2.06. The quantitative estimate of drug-likeness (QED) is 0.474. The Morgan fingerprint density at radius 2 is 1.89 bits per heavy atom. The molecule has 1 unspecified atom stereocenters. The van der Waals surface area contributed by atoms with Gasteiger partial charge >= 0.3 is 0 Å². The van der Waals surface area contributed by atoms with Crippen molar-refractivity contribution in [3.05, 3.63) is 28.3 Å². The highest BCUT2D eigenvalue weighted by Crippen LogP contribution is 2.25. The van der Waals surface area contributed by atoms with Crippen LogP contribution in [0.5, 0.6) is 5.75 Å². The molecule has 0 amide bonds. The number of halogens is 1. The van der Waals surface area contributed by atoms with E-state index in [1.165, 1.54) is 0 Å². The van der Waals surface area contributed by atoms with Crippen molar-refractivity contribution < 1.29 is 9.47 Å². The molecule has 18 heavy (non-hydrogen) atoms. The van der Waals surface area contributed by atoms with Crippen LogP contribution in [0.4, 0.5) is 0 Å². The molecule has 0 fully saturated rings. The Morgan fingerprint density at radius 3 is 2.39 bits per heavy atom. The second kappa shape index (κ2) is 6.61. The van der Waals surface area contributed by atoms with E-state index in [4.69, 9.17) is 32.2 Å². The van der Waals surface area contributed by atoms with Crippen LogP contribution in [-0.2, 0) is 4.74 Å². The maximum atomic E-state index is 7.18. The van der Waals surface area contributed by atoms with E-state index >= 15 is 0 Å². The molecule has 1 aromatic carbocycles. The van der Waals surface area contributed by atoms with Gasteiger partial charge in [-0.1, -0.05) is 11.6 Å². The molecule has 0 saturated heterocycles. The van der Waals surface area contributed by atoms with E-state index < -0.39 is 0 Å². The van der Waals surface area contributed by atoms with Gasteiger partial charge in [-0.05, 0) is 44.0 Å². The molecule has 0 aliphatic heterocycles. The van der Waals surface area contributed by atoms with Crippen LogP contribution in [0.3, 0.4) is 0 Å². The van der Waals surface area contributed by atoms with E-state index in [2.05, 4.69) is 0 Å². The molecule has 0 aromatic heterocycles. The molecule has 0 aliphatic rings. The summed E-state index contributed by atoms with van der Waals surface area (Å²) < 4.78 is 10.9. The van der Waals surface area contributed by atoms with E-state index in [9.17, 15) is 0 Å². The van der Waals surface area contributed by atoms with Crippen LogP contribution in [0.25, 0.3) is 0 Å². The van der Waals surface area contributed by atoms with Gasteiger partial charge in [0.1, 0.15) is 24.3 Å². The fraction of sp³-hybridized carbons (Fsp3) is 0.462. The number of benzene rings is 1. The van der Waals surface area contributed by atoms with Gasteiger partial charge in [-0.2, -0.15) is 0 Å². The number of rotatable bonds is 6. The van der Waals surface area contributed by atoms with Crippen LogP contribution in [0.15, 0.2) is 12.1 Å². The number of nitrogens with one attached hydrogen (secondary N) is 1. The highest BCUT2D eigenvalue weighted by atomic mass is 35.5. The molecule has 0 spiro atoms. The van der Waals surface area contributed by atoms with Gasteiger partial charge in [-0.15, -0.1) is 0 Å². The standard InChI is InChI=1S/C13H19ClN2O2/c1-8-6-11(7-9(2)12(8)14)18-5-4-17-10(3)13(15)16/h6-7,10H,4-5H2,1-3H3,(H3,15,16). The SMILES string of the molecule is Cc1cc(OCCOC(C)C(=N)N)cc(C)c1Cl. The molecule has 0 bridgehead atoms. The Hall–Kier alpha value is -1.26. The predicted octanol–water partition coefficient (Wildman–Crippen LogP) is 2.68. The second-order valence-electron chi connectivity index (χ2n) is 4.19. The summed E-state index contributed by atoms with van der Waals surface area (Å²) in [4.78, 5) is 0. The van der Waals surface area contributed by atoms with E-state index in [1.54, 1.807) is 6.92 Å². The molecule has 1 aromatic rings. The average Bonchev–Trinajstić information content (AvgIpc) is 2.31. The van der Waals surface area contributed by atoms with Crippen molar-refractivity contribution in [3.8, 4) is 5.75 Å². The van der Waals surface area contributed by atoms with Crippen LogP contribution in [0.2, 0.25) is 5.02 Å². The van der Waals surface area contributed by atoms with Crippen molar-refractivity contribution >= 4 is 17.4 Å². The van der Waals surface area contributed by atoms with Gasteiger partial charge in [-0.3, -0.25) is 5.41 Å². The van der Waals surface area contributed by atoms with Gasteiger partial charge in [0.2, 0.25) is 0 Å². The summed E-state index contributed by atoms with van der Waals surface area (Å²) in [6, 6.07) is 3.79. The molecular formula is C13H19ClN2O2. The first kappa shape index (κ1) is 14.8. The van der Waals surface area contributed by atoms with Crippen LogP contribution in [-0.4, -0.2) is 25.2 Å². The van der Waals surface area contributed by atoms with E-state index in [-0.39, 0.29) is 11.9 Å². The van der Waals surface area contributed by atoms with E-state index in [0.29, 0.717) is 13.2 Å². The van der Waals surface area contributed by atoms with Crippen LogP contribution in [0, 0.1) is 19.3 Å². The monoisotopic (exact) mass is 270 g/mol. The van der Waals surface area contributed by atoms with Crippen molar-refractivity contribution in [3.63, 3.8) is 0 Å². The van der Waals surface area contributed by atoms with Crippen LogP contribution in [0.1, 0.15) is 18.1 Å². The summed E-state index contributed by atoms with van der Waals surface area (Å²) in [5.41, 5.74) is 7.27. The van der Waals surface area contributed by atoms with Gasteiger partial charge in [0.05, 0.1) is 6.61 Å². The molecule has 100 valence electrons. The van der Waals surface area contributed by atoms with Crippen molar-refractivity contribution in [2.45, 2.75) is 26.9 Å². The lowest BCUT2D eigenvalue weighted by Crippen LogP contribution is -2.28. The number of hydrogen-bond acceptors (Lipinski definition) is 3. The zero-order chi connectivity index (χ0) is 13.7. The summed E-state index contributed by atoms with van der Waals surface area (Å²) in [5.74, 6) is 0.793. The number of nitrogens with two attached hydrogens (primary N) is 1. The van der Waals surface area contributed by atoms with Crippen molar-refractivity contribution in [2.75, 3.05) is 13.2 Å². The zero-order valence-corrected chi connectivity index (χ0v) is 11.7. The van der Waals surface area contributed by atoms with Gasteiger partial charge in [0.25, 0.3) is 0 Å². The molecular weight excluding hydrogens is 252 g/mol. The third-order valence-corrected chi connectivity index (χ3v) is 3.16. The topological polar surface area (TPSA) is 68.3 Å². The maximum absolute atomic E-state index is 7.18. The molecule has 3 N–H and O–H groups in total. The Balaban J connectivity index is 2.43. The first-order valence-electron chi connectivity index (χ1n) is 5.77. The Bertz CT molecular complexity index is 412. The number of ether oxygens (including phenoxy) is 2. The first-order valence-corrected chi connectivity index (χ1v) is 6.14. The van der Waals surface area contributed by atoms with Crippen molar-refractivity contribution in [1.82, 2.24) is 0 Å². The Labute approximate surface area is 113 Å². The normalized spacial score (nSPS) is 12.2. The molecule has 0 saturated carbocycles. The smallest absolute Gasteiger partial charge is 0.120 e. The predicted molar refractivity (Wildman–Crippen MR) is 73.7 cm³/mol. The Kier molecular flexibility index (Phi) is 5.44. The zero-order valence-electron chi connectivity index (χ0n) is 10.9. The van der Waals surface area contributed by atoms with E-state index in [0.717, 1.165) is 21.9 Å². The van der Waals surface area contributed by atoms with Crippen molar-refractivity contribution in [1.29, 1.82) is 5.41 Å². The molecule has 0 heterocycles. The second-order valence-corrected chi connectivity index (χ2v) is 4.57. The maximum Gasteiger partial charge on any atom is 0.120 e. The van der Waals surface area contributed by atoms with Crippen LogP contribution >= 0.6 is 11.6 Å². The summed E-state index contributed by atoms with van der Waals surface area (Å²) in [6.45, 7) is 6.42. The minimum atomic E-state index is -0.373.